The number of hydrogen-bond acceptors (Lipinski definition) is 4. The molecule has 0 bridgehead atoms. The second kappa shape index (κ2) is 5.96. The van der Waals surface area contributed by atoms with Crippen LogP contribution in [0, 0.1) is 5.82 Å². The van der Waals surface area contributed by atoms with Crippen LogP contribution in [0.5, 0.6) is 0 Å². The first-order valence-electron chi connectivity index (χ1n) is 6.45. The summed E-state index contributed by atoms with van der Waals surface area (Å²) in [5, 5.41) is 0. The molecule has 2 rings (SSSR count). The van der Waals surface area contributed by atoms with Crippen molar-refractivity contribution in [2.75, 3.05) is 13.2 Å². The van der Waals surface area contributed by atoms with Gasteiger partial charge in [-0.05, 0) is 38.0 Å². The van der Waals surface area contributed by atoms with Crippen LogP contribution in [0.4, 0.5) is 4.39 Å². The lowest BCUT2D eigenvalue weighted by Gasteiger charge is -2.34. The van der Waals surface area contributed by atoms with Gasteiger partial charge in [-0.2, -0.15) is 0 Å². The molecule has 0 aromatic heterocycles. The molecule has 1 fully saturated rings. The number of halogens is 1. The number of ether oxygens (including phenoxy) is 1. The van der Waals surface area contributed by atoms with Crippen LogP contribution in [0.15, 0.2) is 23.1 Å². The molecule has 0 atom stereocenters. The Kier molecular flexibility index (Phi) is 4.62. The summed E-state index contributed by atoms with van der Waals surface area (Å²) in [5.41, 5.74) is 4.74. The monoisotopic (exact) mass is 332 g/mol. The molecular formula is C13H17FN2O3S2. The number of hydrogen-bond donors (Lipinski definition) is 2. The molecule has 3 N–H and O–H groups in total. The van der Waals surface area contributed by atoms with Gasteiger partial charge in [0.2, 0.25) is 10.0 Å². The van der Waals surface area contributed by atoms with E-state index in [1.165, 1.54) is 6.07 Å². The van der Waals surface area contributed by atoms with Gasteiger partial charge in [0.05, 0.1) is 4.90 Å². The Morgan fingerprint density at radius 1 is 1.43 bits per heavy atom. The number of benzene rings is 1. The van der Waals surface area contributed by atoms with E-state index in [0.717, 1.165) is 12.1 Å². The van der Waals surface area contributed by atoms with Crippen LogP contribution in [-0.4, -0.2) is 32.2 Å². The van der Waals surface area contributed by atoms with Gasteiger partial charge in [-0.25, -0.2) is 17.5 Å². The largest absolute Gasteiger partial charge is 0.389 e. The van der Waals surface area contributed by atoms with Crippen molar-refractivity contribution in [3.8, 4) is 0 Å². The third-order valence-corrected chi connectivity index (χ3v) is 5.35. The standard InChI is InChI=1S/C13H17FN2O3S2/c1-13(4-6-19-7-5-13)16-21(17,18)9-2-3-11(14)10(8-9)12(15)20/h2-3,8,16H,4-7H2,1H3,(H2,15,20). The summed E-state index contributed by atoms with van der Waals surface area (Å²) >= 11 is 4.72. The summed E-state index contributed by atoms with van der Waals surface area (Å²) < 4.78 is 46.3. The van der Waals surface area contributed by atoms with Crippen molar-refractivity contribution in [1.29, 1.82) is 0 Å². The zero-order chi connectivity index (χ0) is 15.7. The summed E-state index contributed by atoms with van der Waals surface area (Å²) in [6.07, 6.45) is 1.16. The maximum atomic E-state index is 13.5. The van der Waals surface area contributed by atoms with E-state index in [2.05, 4.69) is 4.72 Å². The molecule has 1 aliphatic rings. The van der Waals surface area contributed by atoms with Gasteiger partial charge >= 0.3 is 0 Å². The fourth-order valence-corrected chi connectivity index (χ4v) is 3.82. The maximum absolute atomic E-state index is 13.5. The quantitative estimate of drug-likeness (QED) is 0.813. The van der Waals surface area contributed by atoms with Crippen LogP contribution in [0.25, 0.3) is 0 Å². The molecule has 1 aliphatic heterocycles. The zero-order valence-corrected chi connectivity index (χ0v) is 13.2. The van der Waals surface area contributed by atoms with Crippen molar-refractivity contribution in [1.82, 2.24) is 4.72 Å². The minimum absolute atomic E-state index is 0.0561. The molecule has 1 aromatic carbocycles. The Hall–Kier alpha value is -1.09. The Bertz CT molecular complexity index is 655. The van der Waals surface area contributed by atoms with Crippen LogP contribution in [0.1, 0.15) is 25.3 Å². The summed E-state index contributed by atoms with van der Waals surface area (Å²) in [7, 11) is -3.78. The van der Waals surface area contributed by atoms with Gasteiger partial charge in [0.15, 0.2) is 0 Å². The second-order valence-electron chi connectivity index (χ2n) is 5.28. The van der Waals surface area contributed by atoms with Crippen LogP contribution in [-0.2, 0) is 14.8 Å². The molecular weight excluding hydrogens is 315 g/mol. The molecule has 5 nitrogen and oxygen atoms in total. The highest BCUT2D eigenvalue weighted by atomic mass is 32.2. The van der Waals surface area contributed by atoms with E-state index in [-0.39, 0.29) is 15.4 Å². The predicted molar refractivity (Wildman–Crippen MR) is 81.1 cm³/mol. The van der Waals surface area contributed by atoms with Crippen LogP contribution < -0.4 is 10.5 Å². The summed E-state index contributed by atoms with van der Waals surface area (Å²) in [6, 6.07) is 3.40. The number of sulfonamides is 1. The lowest BCUT2D eigenvalue weighted by Crippen LogP contribution is -2.49. The highest BCUT2D eigenvalue weighted by Gasteiger charge is 2.32. The highest BCUT2D eigenvalue weighted by molar-refractivity contribution is 7.89. The van der Waals surface area contributed by atoms with Gasteiger partial charge in [-0.3, -0.25) is 0 Å². The van der Waals surface area contributed by atoms with Crippen molar-refractivity contribution in [3.05, 3.63) is 29.6 Å². The van der Waals surface area contributed by atoms with E-state index in [9.17, 15) is 12.8 Å². The topological polar surface area (TPSA) is 81.4 Å². The van der Waals surface area contributed by atoms with E-state index in [4.69, 9.17) is 22.7 Å². The molecule has 0 unspecified atom stereocenters. The van der Waals surface area contributed by atoms with Gasteiger partial charge in [0, 0.05) is 24.3 Å². The predicted octanol–water partition coefficient (Wildman–Crippen LogP) is 1.31. The summed E-state index contributed by atoms with van der Waals surface area (Å²) in [4.78, 5) is -0.235. The van der Waals surface area contributed by atoms with Gasteiger partial charge in [-0.1, -0.05) is 12.2 Å². The fraction of sp³-hybridized carbons (Fsp3) is 0.462. The minimum Gasteiger partial charge on any atom is -0.389 e. The van der Waals surface area contributed by atoms with Crippen molar-refractivity contribution < 1.29 is 17.5 Å². The van der Waals surface area contributed by atoms with E-state index >= 15 is 0 Å². The van der Waals surface area contributed by atoms with Gasteiger partial charge in [0.25, 0.3) is 0 Å². The smallest absolute Gasteiger partial charge is 0.241 e. The average Bonchev–Trinajstić information content (AvgIpc) is 2.38. The number of nitrogens with two attached hydrogens (primary N) is 1. The van der Waals surface area contributed by atoms with Crippen molar-refractivity contribution in [2.24, 2.45) is 5.73 Å². The minimum atomic E-state index is -3.78. The SMILES string of the molecule is CC1(NS(=O)(=O)c2ccc(F)c(C(N)=S)c2)CCOCC1. The Labute approximate surface area is 128 Å². The zero-order valence-electron chi connectivity index (χ0n) is 11.6. The first kappa shape index (κ1) is 16.3. The van der Waals surface area contributed by atoms with Crippen LogP contribution in [0.3, 0.4) is 0 Å². The van der Waals surface area contributed by atoms with Gasteiger partial charge in [-0.15, -0.1) is 0 Å². The Balaban J connectivity index is 2.31. The first-order valence-corrected chi connectivity index (χ1v) is 8.34. The molecule has 1 heterocycles. The number of nitrogens with one attached hydrogen (secondary N) is 1. The molecule has 8 heteroatoms. The van der Waals surface area contributed by atoms with E-state index in [1.54, 1.807) is 0 Å². The first-order chi connectivity index (χ1) is 9.73. The molecule has 0 amide bonds. The van der Waals surface area contributed by atoms with Gasteiger partial charge < -0.3 is 10.5 Å². The van der Waals surface area contributed by atoms with Crippen LogP contribution >= 0.6 is 12.2 Å². The number of thiocarbonyl (C=S) groups is 1. The molecule has 21 heavy (non-hydrogen) atoms. The molecule has 0 saturated carbocycles. The molecule has 0 spiro atoms. The summed E-state index contributed by atoms with van der Waals surface area (Å²) in [5.74, 6) is -0.640. The van der Waals surface area contributed by atoms with Crippen molar-refractivity contribution in [3.63, 3.8) is 0 Å². The third kappa shape index (κ3) is 3.76. The molecule has 0 aliphatic carbocycles. The molecule has 1 saturated heterocycles. The molecule has 0 radical (unpaired) electrons. The van der Waals surface area contributed by atoms with Crippen molar-refractivity contribution >= 4 is 27.2 Å². The van der Waals surface area contributed by atoms with E-state index in [1.807, 2.05) is 6.92 Å². The fourth-order valence-electron chi connectivity index (χ4n) is 2.17. The molecule has 116 valence electrons. The highest BCUT2D eigenvalue weighted by Crippen LogP contribution is 2.23. The van der Waals surface area contributed by atoms with Gasteiger partial charge in [0.1, 0.15) is 10.8 Å². The maximum Gasteiger partial charge on any atom is 0.241 e. The average molecular weight is 332 g/mol. The Morgan fingerprint density at radius 3 is 2.62 bits per heavy atom. The van der Waals surface area contributed by atoms with Crippen LogP contribution in [0.2, 0.25) is 0 Å². The third-order valence-electron chi connectivity index (χ3n) is 3.49. The van der Waals surface area contributed by atoms with E-state index < -0.39 is 21.4 Å². The lowest BCUT2D eigenvalue weighted by atomic mass is 9.94. The molecule has 1 aromatic rings. The number of rotatable bonds is 4. The van der Waals surface area contributed by atoms with E-state index in [0.29, 0.717) is 26.1 Å². The second-order valence-corrected chi connectivity index (χ2v) is 7.41. The van der Waals surface area contributed by atoms with Crippen molar-refractivity contribution in [2.45, 2.75) is 30.2 Å². The lowest BCUT2D eigenvalue weighted by molar-refractivity contribution is 0.0537. The normalized spacial score (nSPS) is 18.4. The Morgan fingerprint density at radius 2 is 2.05 bits per heavy atom. The summed E-state index contributed by atoms with van der Waals surface area (Å²) in [6.45, 7) is 2.83.